The molecule has 0 saturated carbocycles. The summed E-state index contributed by atoms with van der Waals surface area (Å²) in [4.78, 5) is 16.0. The molecule has 2 aromatic rings. The van der Waals surface area contributed by atoms with Gasteiger partial charge in [0.25, 0.3) is 5.91 Å². The van der Waals surface area contributed by atoms with Crippen LogP contribution in [0.15, 0.2) is 36.4 Å². The predicted molar refractivity (Wildman–Crippen MR) is 81.8 cm³/mol. The van der Waals surface area contributed by atoms with Crippen molar-refractivity contribution in [1.29, 1.82) is 0 Å². The molecule has 5 nitrogen and oxygen atoms in total. The lowest BCUT2D eigenvalue weighted by atomic mass is 10.1. The van der Waals surface area contributed by atoms with Gasteiger partial charge in [0.2, 0.25) is 0 Å². The van der Waals surface area contributed by atoms with E-state index in [2.05, 4.69) is 10.4 Å². The standard InChI is InChI=1S/C16H19N3O2/c1-10(2)21-13-6-4-12(5-7-13)15-9-8-14(11(3)18-15)16(20)19-17/h4-10H,17H2,1-3H3,(H,19,20). The van der Waals surface area contributed by atoms with E-state index in [1.165, 1.54) is 0 Å². The Balaban J connectivity index is 2.26. The maximum Gasteiger partial charge on any atom is 0.267 e. The molecule has 21 heavy (non-hydrogen) atoms. The molecule has 0 radical (unpaired) electrons. The van der Waals surface area contributed by atoms with Crippen LogP contribution >= 0.6 is 0 Å². The Bertz CT molecular complexity index is 636. The number of nitrogen functional groups attached to an aromatic ring is 1. The van der Waals surface area contributed by atoms with Gasteiger partial charge < -0.3 is 4.74 Å². The van der Waals surface area contributed by atoms with Crippen LogP contribution < -0.4 is 16.0 Å². The number of nitrogens with zero attached hydrogens (tertiary/aromatic N) is 1. The fraction of sp³-hybridized carbons (Fsp3) is 0.250. The molecule has 0 fully saturated rings. The van der Waals surface area contributed by atoms with Crippen molar-refractivity contribution in [2.24, 2.45) is 5.84 Å². The normalized spacial score (nSPS) is 10.5. The Labute approximate surface area is 124 Å². The van der Waals surface area contributed by atoms with Crippen molar-refractivity contribution >= 4 is 5.91 Å². The van der Waals surface area contributed by atoms with E-state index < -0.39 is 0 Å². The minimum Gasteiger partial charge on any atom is -0.491 e. The van der Waals surface area contributed by atoms with Crippen molar-refractivity contribution in [2.75, 3.05) is 0 Å². The molecule has 0 bridgehead atoms. The van der Waals surface area contributed by atoms with E-state index in [0.717, 1.165) is 17.0 Å². The molecule has 0 aliphatic rings. The molecule has 0 aliphatic carbocycles. The Kier molecular flexibility index (Phi) is 4.55. The lowest BCUT2D eigenvalue weighted by Crippen LogP contribution is -2.30. The number of rotatable bonds is 4. The summed E-state index contributed by atoms with van der Waals surface area (Å²) in [7, 11) is 0. The molecule has 110 valence electrons. The summed E-state index contributed by atoms with van der Waals surface area (Å²) in [5, 5.41) is 0. The molecule has 0 aliphatic heterocycles. The van der Waals surface area contributed by atoms with Gasteiger partial charge in [0.05, 0.1) is 23.1 Å². The van der Waals surface area contributed by atoms with E-state index in [1.54, 1.807) is 19.1 Å². The van der Waals surface area contributed by atoms with Crippen molar-refractivity contribution in [3.05, 3.63) is 47.7 Å². The molecule has 3 N–H and O–H groups in total. The highest BCUT2D eigenvalue weighted by Crippen LogP contribution is 2.22. The zero-order valence-corrected chi connectivity index (χ0v) is 12.4. The fourth-order valence-corrected chi connectivity index (χ4v) is 2.02. The molecule has 0 spiro atoms. The number of benzene rings is 1. The van der Waals surface area contributed by atoms with Gasteiger partial charge in [-0.3, -0.25) is 15.2 Å². The van der Waals surface area contributed by atoms with Crippen LogP contribution in [0.4, 0.5) is 0 Å². The smallest absolute Gasteiger partial charge is 0.267 e. The van der Waals surface area contributed by atoms with E-state index in [9.17, 15) is 4.79 Å². The highest BCUT2D eigenvalue weighted by atomic mass is 16.5. The molecule has 1 aromatic heterocycles. The van der Waals surface area contributed by atoms with Crippen molar-refractivity contribution in [3.8, 4) is 17.0 Å². The van der Waals surface area contributed by atoms with Crippen molar-refractivity contribution in [2.45, 2.75) is 26.9 Å². The van der Waals surface area contributed by atoms with Crippen molar-refractivity contribution < 1.29 is 9.53 Å². The van der Waals surface area contributed by atoms with E-state index in [-0.39, 0.29) is 12.0 Å². The number of aryl methyl sites for hydroxylation is 1. The van der Waals surface area contributed by atoms with Gasteiger partial charge in [-0.05, 0) is 57.2 Å². The van der Waals surface area contributed by atoms with Crippen LogP contribution in [0.1, 0.15) is 29.9 Å². The fourth-order valence-electron chi connectivity index (χ4n) is 2.02. The highest BCUT2D eigenvalue weighted by molar-refractivity contribution is 5.95. The number of pyridine rings is 1. The number of amides is 1. The monoisotopic (exact) mass is 285 g/mol. The van der Waals surface area contributed by atoms with Gasteiger partial charge in [0.1, 0.15) is 5.75 Å². The van der Waals surface area contributed by atoms with Gasteiger partial charge in [-0.2, -0.15) is 0 Å². The molecule has 1 heterocycles. The highest BCUT2D eigenvalue weighted by Gasteiger charge is 2.10. The van der Waals surface area contributed by atoms with Crippen LogP contribution in [0.25, 0.3) is 11.3 Å². The van der Waals surface area contributed by atoms with E-state index in [4.69, 9.17) is 10.6 Å². The zero-order valence-electron chi connectivity index (χ0n) is 12.4. The number of nitrogens with one attached hydrogen (secondary N) is 1. The van der Waals surface area contributed by atoms with E-state index in [0.29, 0.717) is 11.3 Å². The summed E-state index contributed by atoms with van der Waals surface area (Å²) in [6, 6.07) is 11.2. The number of carbonyl (C=O) groups excluding carboxylic acids is 1. The minimum atomic E-state index is -0.341. The van der Waals surface area contributed by atoms with Crippen LogP contribution in [-0.4, -0.2) is 17.0 Å². The summed E-state index contributed by atoms with van der Waals surface area (Å²) in [6.45, 7) is 5.75. The summed E-state index contributed by atoms with van der Waals surface area (Å²) in [6.07, 6.45) is 0.144. The predicted octanol–water partition coefficient (Wildman–Crippen LogP) is 2.45. The van der Waals surface area contributed by atoms with Gasteiger partial charge in [-0.25, -0.2) is 5.84 Å². The SMILES string of the molecule is Cc1nc(-c2ccc(OC(C)C)cc2)ccc1C(=O)NN. The number of carbonyl (C=O) groups is 1. The van der Waals surface area contributed by atoms with Crippen LogP contribution in [0, 0.1) is 6.92 Å². The third-order valence-electron chi connectivity index (χ3n) is 2.98. The number of hydrogen-bond acceptors (Lipinski definition) is 4. The maximum atomic E-state index is 11.5. The maximum absolute atomic E-state index is 11.5. The summed E-state index contributed by atoms with van der Waals surface area (Å²) < 4.78 is 5.61. The Morgan fingerprint density at radius 3 is 2.38 bits per heavy atom. The molecule has 0 unspecified atom stereocenters. The number of ether oxygens (including phenoxy) is 1. The topological polar surface area (TPSA) is 77.2 Å². The molecule has 0 atom stereocenters. The molecular formula is C16H19N3O2. The minimum absolute atomic E-state index is 0.144. The second-order valence-corrected chi connectivity index (χ2v) is 4.99. The molecule has 2 rings (SSSR count). The number of aromatic nitrogens is 1. The molecule has 1 amide bonds. The first-order valence-electron chi connectivity index (χ1n) is 6.77. The van der Waals surface area contributed by atoms with Crippen LogP contribution in [-0.2, 0) is 0 Å². The average molecular weight is 285 g/mol. The summed E-state index contributed by atoms with van der Waals surface area (Å²) in [5.41, 5.74) is 4.99. The Morgan fingerprint density at radius 2 is 1.86 bits per heavy atom. The van der Waals surface area contributed by atoms with E-state index in [1.807, 2.05) is 38.1 Å². The van der Waals surface area contributed by atoms with Gasteiger partial charge in [0, 0.05) is 5.56 Å². The largest absolute Gasteiger partial charge is 0.491 e. The molecular weight excluding hydrogens is 266 g/mol. The van der Waals surface area contributed by atoms with E-state index >= 15 is 0 Å². The zero-order chi connectivity index (χ0) is 15.4. The third-order valence-corrected chi connectivity index (χ3v) is 2.98. The number of nitrogens with two attached hydrogens (primary N) is 1. The average Bonchev–Trinajstić information content (AvgIpc) is 2.46. The van der Waals surface area contributed by atoms with Crippen LogP contribution in [0.5, 0.6) is 5.75 Å². The first-order chi connectivity index (χ1) is 10.0. The molecule has 0 saturated heterocycles. The van der Waals surface area contributed by atoms with Crippen molar-refractivity contribution in [1.82, 2.24) is 10.4 Å². The van der Waals surface area contributed by atoms with Gasteiger partial charge in [-0.15, -0.1) is 0 Å². The molecule has 1 aromatic carbocycles. The van der Waals surface area contributed by atoms with Gasteiger partial charge >= 0.3 is 0 Å². The summed E-state index contributed by atoms with van der Waals surface area (Å²) in [5.74, 6) is 5.62. The second-order valence-electron chi connectivity index (χ2n) is 4.99. The first kappa shape index (κ1) is 15.0. The third kappa shape index (κ3) is 3.58. The lowest BCUT2D eigenvalue weighted by molar-refractivity contribution is 0.0952. The van der Waals surface area contributed by atoms with Crippen LogP contribution in [0.2, 0.25) is 0 Å². The van der Waals surface area contributed by atoms with Crippen molar-refractivity contribution in [3.63, 3.8) is 0 Å². The second kappa shape index (κ2) is 6.37. The lowest BCUT2D eigenvalue weighted by Gasteiger charge is -2.10. The quantitative estimate of drug-likeness (QED) is 0.514. The van der Waals surface area contributed by atoms with Gasteiger partial charge in [0.15, 0.2) is 0 Å². The van der Waals surface area contributed by atoms with Gasteiger partial charge in [-0.1, -0.05) is 0 Å². The number of hydrogen-bond donors (Lipinski definition) is 2. The molecule has 5 heteroatoms. The Morgan fingerprint density at radius 1 is 1.19 bits per heavy atom. The Hall–Kier alpha value is -2.40. The number of hydrazine groups is 1. The first-order valence-corrected chi connectivity index (χ1v) is 6.77. The summed E-state index contributed by atoms with van der Waals surface area (Å²) >= 11 is 0. The van der Waals surface area contributed by atoms with Crippen LogP contribution in [0.3, 0.4) is 0 Å².